The number of rotatable bonds is 4. The molecule has 3 aromatic heterocycles. The second-order valence-corrected chi connectivity index (χ2v) is 6.09. The Hall–Kier alpha value is -4.02. The third-order valence-electron chi connectivity index (χ3n) is 4.19. The Balaban J connectivity index is 1.68. The summed E-state index contributed by atoms with van der Waals surface area (Å²) < 4.78 is 20.4. The summed E-state index contributed by atoms with van der Waals surface area (Å²) in [5, 5.41) is 12.7. The van der Waals surface area contributed by atoms with Crippen molar-refractivity contribution < 1.29 is 13.9 Å². The molecule has 29 heavy (non-hydrogen) atoms. The van der Waals surface area contributed by atoms with Crippen molar-refractivity contribution in [2.75, 3.05) is 7.11 Å². The number of nitrogens with one attached hydrogen (secondary N) is 1. The van der Waals surface area contributed by atoms with Gasteiger partial charge in [0.1, 0.15) is 11.5 Å². The van der Waals surface area contributed by atoms with Crippen LogP contribution in [0.4, 0.5) is 9.18 Å². The number of methoxy groups -OCH3 is 1. The molecule has 11 heteroatoms. The number of halogens is 1. The van der Waals surface area contributed by atoms with Gasteiger partial charge in [-0.3, -0.25) is 4.98 Å². The van der Waals surface area contributed by atoms with Crippen molar-refractivity contribution in [3.05, 3.63) is 53.7 Å². The first kappa shape index (κ1) is 18.3. The number of pyridine rings is 1. The molecular formula is C18H15FN8O2. The van der Waals surface area contributed by atoms with Gasteiger partial charge in [0.2, 0.25) is 5.65 Å². The van der Waals surface area contributed by atoms with Crippen LogP contribution in [0.3, 0.4) is 0 Å². The van der Waals surface area contributed by atoms with Gasteiger partial charge < -0.3 is 4.74 Å². The van der Waals surface area contributed by atoms with Gasteiger partial charge in [-0.15, -0.1) is 5.10 Å². The van der Waals surface area contributed by atoms with Gasteiger partial charge in [0.15, 0.2) is 5.65 Å². The fraction of sp³-hybridized carbons (Fsp3) is 0.167. The molecule has 0 spiro atoms. The van der Waals surface area contributed by atoms with Crippen molar-refractivity contribution in [1.29, 1.82) is 0 Å². The molecule has 0 fully saturated rings. The minimum atomic E-state index is -0.702. The van der Waals surface area contributed by atoms with Crippen molar-refractivity contribution in [3.63, 3.8) is 0 Å². The molecule has 0 bridgehead atoms. The number of benzene rings is 1. The maximum atomic E-state index is 14.5. The molecule has 4 rings (SSSR count). The molecule has 0 aliphatic heterocycles. The summed E-state index contributed by atoms with van der Waals surface area (Å²) in [4.78, 5) is 24.0. The highest BCUT2D eigenvalue weighted by atomic mass is 19.1. The van der Waals surface area contributed by atoms with Crippen LogP contribution in [0.1, 0.15) is 18.2 Å². The minimum absolute atomic E-state index is 0.113. The molecule has 0 unspecified atom stereocenters. The van der Waals surface area contributed by atoms with E-state index in [4.69, 9.17) is 0 Å². The second kappa shape index (κ2) is 7.54. The molecular weight excluding hydrogens is 379 g/mol. The largest absolute Gasteiger partial charge is 0.452 e. The zero-order valence-corrected chi connectivity index (χ0v) is 15.5. The molecule has 4 aromatic rings. The van der Waals surface area contributed by atoms with Crippen molar-refractivity contribution >= 4 is 34.0 Å². The summed E-state index contributed by atoms with van der Waals surface area (Å²) >= 11 is 0. The molecule has 0 atom stereocenters. The molecule has 10 nitrogen and oxygen atoms in total. The maximum absolute atomic E-state index is 14.5. The Morgan fingerprint density at radius 2 is 2.21 bits per heavy atom. The van der Waals surface area contributed by atoms with Gasteiger partial charge in [-0.25, -0.2) is 29.3 Å². The van der Waals surface area contributed by atoms with E-state index in [1.165, 1.54) is 24.1 Å². The molecule has 1 N–H and O–H groups in total. The van der Waals surface area contributed by atoms with Crippen LogP contribution in [0, 0.1) is 5.82 Å². The second-order valence-electron chi connectivity index (χ2n) is 6.09. The average molecular weight is 394 g/mol. The fourth-order valence-corrected chi connectivity index (χ4v) is 2.69. The van der Waals surface area contributed by atoms with E-state index >= 15 is 0 Å². The average Bonchev–Trinajstić information content (AvgIpc) is 3.14. The summed E-state index contributed by atoms with van der Waals surface area (Å²) in [5.74, 6) is -0.399. The van der Waals surface area contributed by atoms with Crippen molar-refractivity contribution in [3.8, 4) is 0 Å². The highest BCUT2D eigenvalue weighted by Gasteiger charge is 2.13. The lowest BCUT2D eigenvalue weighted by Crippen LogP contribution is -2.19. The fourth-order valence-electron chi connectivity index (χ4n) is 2.69. The molecule has 0 radical (unpaired) electrons. The molecule has 3 heterocycles. The standard InChI is InChI=1S/C18H15FN8O2/c1-10(23-25-18(28)29-2)15-8-21-16-17(22-15)27(26-24-16)9-12-6-11-4-3-5-20-14(11)7-13(12)19/h3-8H,9H2,1-2H3,(H,25,28). The lowest BCUT2D eigenvalue weighted by molar-refractivity contribution is 0.171. The Kier molecular flexibility index (Phi) is 4.77. The van der Waals surface area contributed by atoms with Gasteiger partial charge in [-0.2, -0.15) is 5.10 Å². The van der Waals surface area contributed by atoms with Crippen LogP contribution in [0.25, 0.3) is 22.2 Å². The number of carbonyl (C=O) groups excluding carboxylic acids is 1. The SMILES string of the molecule is COC(=O)NN=C(C)c1cnc2nnn(Cc3cc4cccnc4cc3F)c2n1. The van der Waals surface area contributed by atoms with Crippen LogP contribution in [0.5, 0.6) is 0 Å². The van der Waals surface area contributed by atoms with Gasteiger partial charge in [0.25, 0.3) is 0 Å². The van der Waals surface area contributed by atoms with Crippen LogP contribution in [0.15, 0.2) is 41.8 Å². The van der Waals surface area contributed by atoms with E-state index in [0.717, 1.165) is 5.39 Å². The summed E-state index contributed by atoms with van der Waals surface area (Å²) in [6.45, 7) is 1.76. The molecule has 1 amide bonds. The number of hydrazone groups is 1. The number of hydrogen-bond acceptors (Lipinski definition) is 8. The zero-order valence-electron chi connectivity index (χ0n) is 15.5. The molecule has 0 saturated carbocycles. The molecule has 1 aromatic carbocycles. The molecule has 0 aliphatic rings. The van der Waals surface area contributed by atoms with Gasteiger partial charge in [-0.05, 0) is 19.1 Å². The van der Waals surface area contributed by atoms with Gasteiger partial charge in [-0.1, -0.05) is 11.3 Å². The number of nitrogens with zero attached hydrogens (tertiary/aromatic N) is 7. The van der Waals surface area contributed by atoms with Crippen LogP contribution in [-0.4, -0.2) is 48.9 Å². The first-order valence-corrected chi connectivity index (χ1v) is 8.53. The summed E-state index contributed by atoms with van der Waals surface area (Å²) in [6, 6.07) is 6.75. The van der Waals surface area contributed by atoms with Gasteiger partial charge >= 0.3 is 6.09 Å². The highest BCUT2D eigenvalue weighted by Crippen LogP contribution is 2.19. The smallest absolute Gasteiger partial charge is 0.427 e. The first-order chi connectivity index (χ1) is 14.0. The number of amides is 1. The van der Waals surface area contributed by atoms with Crippen LogP contribution < -0.4 is 5.43 Å². The van der Waals surface area contributed by atoms with Crippen molar-refractivity contribution in [2.45, 2.75) is 13.5 Å². The predicted molar refractivity (Wildman–Crippen MR) is 102 cm³/mol. The summed E-state index contributed by atoms with van der Waals surface area (Å²) in [7, 11) is 1.23. The number of fused-ring (bicyclic) bond motifs is 2. The Bertz CT molecular complexity index is 1250. The predicted octanol–water partition coefficient (Wildman–Crippen LogP) is 2.04. The van der Waals surface area contributed by atoms with E-state index in [2.05, 4.69) is 40.5 Å². The lowest BCUT2D eigenvalue weighted by atomic mass is 10.1. The lowest BCUT2D eigenvalue weighted by Gasteiger charge is -2.06. The van der Waals surface area contributed by atoms with Crippen molar-refractivity contribution in [2.24, 2.45) is 5.10 Å². The van der Waals surface area contributed by atoms with Crippen LogP contribution >= 0.6 is 0 Å². The Morgan fingerprint density at radius 3 is 3.03 bits per heavy atom. The maximum Gasteiger partial charge on any atom is 0.427 e. The quantitative estimate of drug-likeness (QED) is 0.415. The van der Waals surface area contributed by atoms with E-state index in [0.29, 0.717) is 33.8 Å². The summed E-state index contributed by atoms with van der Waals surface area (Å²) in [5.41, 5.74) is 4.69. The monoisotopic (exact) mass is 394 g/mol. The third kappa shape index (κ3) is 3.70. The van der Waals surface area contributed by atoms with E-state index in [9.17, 15) is 9.18 Å². The number of aromatic nitrogens is 6. The number of ether oxygens (including phenoxy) is 1. The summed E-state index contributed by atoms with van der Waals surface area (Å²) in [6.07, 6.45) is 2.37. The number of carbonyl (C=O) groups is 1. The van der Waals surface area contributed by atoms with Crippen LogP contribution in [0.2, 0.25) is 0 Å². The third-order valence-corrected chi connectivity index (χ3v) is 4.19. The zero-order chi connectivity index (χ0) is 20.4. The van der Waals surface area contributed by atoms with E-state index in [1.807, 2.05) is 6.07 Å². The molecule has 0 saturated heterocycles. The normalized spacial score (nSPS) is 11.8. The van der Waals surface area contributed by atoms with E-state index < -0.39 is 11.9 Å². The van der Waals surface area contributed by atoms with Crippen LogP contribution in [-0.2, 0) is 11.3 Å². The Morgan fingerprint density at radius 1 is 1.34 bits per heavy atom. The topological polar surface area (TPSA) is 120 Å². The van der Waals surface area contributed by atoms with E-state index in [1.54, 1.807) is 25.3 Å². The minimum Gasteiger partial charge on any atom is -0.452 e. The Labute approximate surface area is 163 Å². The van der Waals surface area contributed by atoms with Gasteiger partial charge in [0.05, 0.1) is 31.1 Å². The molecule has 0 aliphatic carbocycles. The first-order valence-electron chi connectivity index (χ1n) is 8.53. The highest BCUT2D eigenvalue weighted by molar-refractivity contribution is 5.98. The number of hydrogen-bond donors (Lipinski definition) is 1. The van der Waals surface area contributed by atoms with Gasteiger partial charge in [0, 0.05) is 23.2 Å². The van der Waals surface area contributed by atoms with Crippen molar-refractivity contribution in [1.82, 2.24) is 35.4 Å². The van der Waals surface area contributed by atoms with E-state index in [-0.39, 0.29) is 6.54 Å². The molecule has 146 valence electrons.